The monoisotopic (exact) mass is 290 g/mol. The van der Waals surface area contributed by atoms with Crippen molar-refractivity contribution in [2.24, 2.45) is 5.92 Å². The summed E-state index contributed by atoms with van der Waals surface area (Å²) in [6.45, 7) is 10.9. The van der Waals surface area contributed by atoms with Gasteiger partial charge < -0.3 is 15.0 Å². The molecule has 1 aliphatic carbocycles. The molecule has 1 fully saturated rings. The first-order valence-electron chi connectivity index (χ1n) is 8.40. The average molecular weight is 290 g/mol. The van der Waals surface area contributed by atoms with Gasteiger partial charge >= 0.3 is 0 Å². The molecule has 1 aliphatic rings. The van der Waals surface area contributed by atoms with Gasteiger partial charge in [-0.3, -0.25) is 0 Å². The van der Waals surface area contributed by atoms with E-state index in [0.717, 1.165) is 45.2 Å². The van der Waals surface area contributed by atoms with E-state index in [0.29, 0.717) is 6.10 Å². The summed E-state index contributed by atoms with van der Waals surface area (Å²) in [6.07, 6.45) is 2.90. The Morgan fingerprint density at radius 1 is 1.14 bits per heavy atom. The number of ether oxygens (including phenoxy) is 1. The summed E-state index contributed by atoms with van der Waals surface area (Å²) in [5.74, 6) is 0.808. The highest BCUT2D eigenvalue weighted by Crippen LogP contribution is 2.30. The fourth-order valence-corrected chi connectivity index (χ4v) is 2.85. The van der Waals surface area contributed by atoms with Crippen molar-refractivity contribution in [1.29, 1.82) is 0 Å². The highest BCUT2D eigenvalue weighted by Gasteiger charge is 2.29. The van der Waals surface area contributed by atoms with Gasteiger partial charge in [-0.25, -0.2) is 0 Å². The molecule has 0 unspecified atom stereocenters. The Kier molecular flexibility index (Phi) is 7.20. The lowest BCUT2D eigenvalue weighted by Crippen LogP contribution is -2.40. The molecule has 0 aliphatic heterocycles. The summed E-state index contributed by atoms with van der Waals surface area (Å²) in [5, 5.41) is 3.58. The van der Waals surface area contributed by atoms with Crippen LogP contribution in [0.1, 0.15) is 32.3 Å². The lowest BCUT2D eigenvalue weighted by Gasteiger charge is -2.35. The fourth-order valence-electron chi connectivity index (χ4n) is 2.85. The van der Waals surface area contributed by atoms with E-state index in [2.05, 4.69) is 48.3 Å². The maximum atomic E-state index is 5.94. The smallest absolute Gasteiger partial charge is 0.0720 e. The first-order chi connectivity index (χ1) is 10.3. The van der Waals surface area contributed by atoms with E-state index < -0.39 is 0 Å². The molecular weight excluding hydrogens is 260 g/mol. The third kappa shape index (κ3) is 5.77. The highest BCUT2D eigenvalue weighted by molar-refractivity contribution is 5.13. The van der Waals surface area contributed by atoms with Gasteiger partial charge in [0, 0.05) is 13.1 Å². The maximum Gasteiger partial charge on any atom is 0.0720 e. The Morgan fingerprint density at radius 2 is 1.86 bits per heavy atom. The van der Waals surface area contributed by atoms with Crippen LogP contribution in [0.4, 0.5) is 0 Å². The summed E-state index contributed by atoms with van der Waals surface area (Å²) in [4.78, 5) is 2.46. The van der Waals surface area contributed by atoms with Gasteiger partial charge in [0.15, 0.2) is 0 Å². The number of benzene rings is 1. The molecule has 0 heterocycles. The molecule has 0 saturated heterocycles. The molecule has 0 aromatic heterocycles. The van der Waals surface area contributed by atoms with Crippen LogP contribution < -0.4 is 5.32 Å². The molecule has 1 N–H and O–H groups in total. The van der Waals surface area contributed by atoms with Gasteiger partial charge in [-0.2, -0.15) is 0 Å². The van der Waals surface area contributed by atoms with Crippen LogP contribution in [0.25, 0.3) is 0 Å². The molecule has 0 atom stereocenters. The van der Waals surface area contributed by atoms with Crippen LogP contribution in [0.2, 0.25) is 0 Å². The molecule has 3 heteroatoms. The Labute approximate surface area is 129 Å². The van der Waals surface area contributed by atoms with Gasteiger partial charge in [-0.1, -0.05) is 44.2 Å². The van der Waals surface area contributed by atoms with Crippen LogP contribution in [-0.4, -0.2) is 43.7 Å². The van der Waals surface area contributed by atoms with E-state index in [1.54, 1.807) is 0 Å². The summed E-state index contributed by atoms with van der Waals surface area (Å²) in [6, 6.07) is 10.5. The van der Waals surface area contributed by atoms with E-state index in [-0.39, 0.29) is 0 Å². The minimum absolute atomic E-state index is 0.472. The average Bonchev–Trinajstić information content (AvgIpc) is 2.49. The van der Waals surface area contributed by atoms with Crippen LogP contribution >= 0.6 is 0 Å². The zero-order valence-electron chi connectivity index (χ0n) is 13.6. The zero-order chi connectivity index (χ0) is 14.9. The molecule has 1 aromatic rings. The predicted octanol–water partition coefficient (Wildman–Crippen LogP) is 2.91. The van der Waals surface area contributed by atoms with Crippen LogP contribution in [0, 0.1) is 5.92 Å². The van der Waals surface area contributed by atoms with Crippen molar-refractivity contribution in [3.05, 3.63) is 35.9 Å². The molecule has 3 nitrogen and oxygen atoms in total. The third-order valence-corrected chi connectivity index (χ3v) is 4.45. The van der Waals surface area contributed by atoms with Gasteiger partial charge in [-0.05, 0) is 44.0 Å². The topological polar surface area (TPSA) is 24.5 Å². The Hall–Kier alpha value is -0.900. The van der Waals surface area contributed by atoms with Crippen molar-refractivity contribution >= 4 is 0 Å². The molecule has 0 bridgehead atoms. The maximum absolute atomic E-state index is 5.94. The van der Waals surface area contributed by atoms with Gasteiger partial charge in [0.1, 0.15) is 0 Å². The lowest BCUT2D eigenvalue weighted by atomic mass is 9.82. The number of likely N-dealkylation sites (N-methyl/N-ethyl adjacent to an activating group) is 1. The van der Waals surface area contributed by atoms with E-state index in [1.807, 2.05) is 6.07 Å². The Morgan fingerprint density at radius 3 is 2.52 bits per heavy atom. The number of hydrogen-bond donors (Lipinski definition) is 1. The van der Waals surface area contributed by atoms with Crippen molar-refractivity contribution in [3.63, 3.8) is 0 Å². The van der Waals surface area contributed by atoms with E-state index in [4.69, 9.17) is 4.74 Å². The van der Waals surface area contributed by atoms with Crippen LogP contribution in [0.3, 0.4) is 0 Å². The van der Waals surface area contributed by atoms with Gasteiger partial charge in [0.05, 0.1) is 12.7 Å². The van der Waals surface area contributed by atoms with Crippen molar-refractivity contribution in [1.82, 2.24) is 10.2 Å². The molecule has 1 aromatic carbocycles. The second-order valence-corrected chi connectivity index (χ2v) is 5.99. The van der Waals surface area contributed by atoms with Crippen LogP contribution in [-0.2, 0) is 11.3 Å². The highest BCUT2D eigenvalue weighted by atomic mass is 16.5. The summed E-state index contributed by atoms with van der Waals surface area (Å²) in [7, 11) is 0. The first-order valence-corrected chi connectivity index (χ1v) is 8.40. The number of hydrogen-bond acceptors (Lipinski definition) is 3. The van der Waals surface area contributed by atoms with Gasteiger partial charge in [-0.15, -0.1) is 0 Å². The molecule has 0 amide bonds. The molecule has 0 radical (unpaired) electrons. The Balaban J connectivity index is 1.48. The van der Waals surface area contributed by atoms with Gasteiger partial charge in [0.2, 0.25) is 0 Å². The van der Waals surface area contributed by atoms with E-state index in [9.17, 15) is 0 Å². The second kappa shape index (κ2) is 9.19. The minimum atomic E-state index is 0.472. The van der Waals surface area contributed by atoms with Crippen LogP contribution in [0.5, 0.6) is 0 Å². The summed E-state index contributed by atoms with van der Waals surface area (Å²) >= 11 is 0. The molecule has 118 valence electrons. The second-order valence-electron chi connectivity index (χ2n) is 5.99. The summed E-state index contributed by atoms with van der Waals surface area (Å²) in [5.41, 5.74) is 1.28. The minimum Gasteiger partial charge on any atom is -0.374 e. The van der Waals surface area contributed by atoms with Crippen molar-refractivity contribution in [2.75, 3.05) is 32.7 Å². The number of nitrogens with one attached hydrogen (secondary N) is 1. The van der Waals surface area contributed by atoms with E-state index in [1.165, 1.54) is 18.4 Å². The molecule has 0 spiro atoms. The molecule has 2 rings (SSSR count). The lowest BCUT2D eigenvalue weighted by molar-refractivity contribution is -0.0395. The predicted molar refractivity (Wildman–Crippen MR) is 88.4 cm³/mol. The van der Waals surface area contributed by atoms with Crippen LogP contribution in [0.15, 0.2) is 30.3 Å². The first kappa shape index (κ1) is 16.5. The molecule has 1 saturated carbocycles. The normalized spacial score (nSPS) is 21.5. The quantitative estimate of drug-likeness (QED) is 0.671. The number of rotatable bonds is 10. The Bertz CT molecular complexity index is 372. The number of nitrogens with zero attached hydrogens (tertiary/aromatic N) is 1. The summed E-state index contributed by atoms with van der Waals surface area (Å²) < 4.78 is 5.94. The van der Waals surface area contributed by atoms with Crippen molar-refractivity contribution in [3.8, 4) is 0 Å². The molecule has 21 heavy (non-hydrogen) atoms. The fraction of sp³-hybridized carbons (Fsp3) is 0.667. The van der Waals surface area contributed by atoms with Crippen molar-refractivity contribution in [2.45, 2.75) is 39.4 Å². The SMILES string of the molecule is CCN(CC)CCNCC1CC(OCc2ccccc2)C1. The standard InChI is InChI=1S/C18H30N2O/c1-3-20(4-2)11-10-19-14-17-12-18(13-17)21-15-16-8-6-5-7-9-16/h5-9,17-19H,3-4,10-15H2,1-2H3. The zero-order valence-corrected chi connectivity index (χ0v) is 13.6. The largest absolute Gasteiger partial charge is 0.374 e. The third-order valence-electron chi connectivity index (χ3n) is 4.45. The van der Waals surface area contributed by atoms with Crippen molar-refractivity contribution < 1.29 is 4.74 Å². The molecular formula is C18H30N2O. The van der Waals surface area contributed by atoms with E-state index >= 15 is 0 Å². The van der Waals surface area contributed by atoms with Gasteiger partial charge in [0.25, 0.3) is 0 Å².